The number of para-hydroxylation sites is 1. The highest BCUT2D eigenvalue weighted by atomic mass is 19.1. The van der Waals surface area contributed by atoms with E-state index in [1.807, 2.05) is 83.8 Å². The Bertz CT molecular complexity index is 1430. The lowest BCUT2D eigenvalue weighted by molar-refractivity contribution is 0.0736. The topological polar surface area (TPSA) is 38.1 Å². The van der Waals surface area contributed by atoms with E-state index in [4.69, 9.17) is 0 Å². The molecule has 0 N–H and O–H groups in total. The van der Waals surface area contributed by atoms with E-state index < -0.39 is 0 Å². The summed E-state index contributed by atoms with van der Waals surface area (Å²) in [5.41, 5.74) is 4.11. The van der Waals surface area contributed by atoms with Gasteiger partial charge in [-0.25, -0.2) is 9.07 Å². The number of carbonyl (C=O) groups is 1. The van der Waals surface area contributed by atoms with E-state index in [9.17, 15) is 9.18 Å². The van der Waals surface area contributed by atoms with Gasteiger partial charge in [0, 0.05) is 18.7 Å². The van der Waals surface area contributed by atoms with Gasteiger partial charge in [0.05, 0.1) is 11.4 Å². The second-order valence-electron chi connectivity index (χ2n) is 8.59. The zero-order valence-electron chi connectivity index (χ0n) is 19.8. The normalized spacial score (nSPS) is 10.8. The van der Waals surface area contributed by atoms with Gasteiger partial charge < -0.3 is 4.90 Å². The molecule has 0 radical (unpaired) electrons. The summed E-state index contributed by atoms with van der Waals surface area (Å²) in [7, 11) is 0. The Morgan fingerprint density at radius 1 is 0.750 bits per heavy atom. The molecule has 4 nitrogen and oxygen atoms in total. The zero-order valence-corrected chi connectivity index (χ0v) is 19.8. The molecule has 0 saturated heterocycles. The van der Waals surface area contributed by atoms with E-state index >= 15 is 0 Å². The number of nitrogens with zero attached hydrogens (tertiary/aromatic N) is 3. The van der Waals surface area contributed by atoms with Gasteiger partial charge in [-0.15, -0.1) is 0 Å². The Kier molecular flexibility index (Phi) is 6.99. The highest BCUT2D eigenvalue weighted by Gasteiger charge is 2.24. The lowest BCUT2D eigenvalue weighted by Gasteiger charge is -2.23. The molecule has 0 aliphatic rings. The molecule has 1 amide bonds. The Labute approximate surface area is 210 Å². The van der Waals surface area contributed by atoms with Gasteiger partial charge in [-0.2, -0.15) is 5.10 Å². The van der Waals surface area contributed by atoms with Crippen LogP contribution in [0.1, 0.15) is 21.6 Å². The lowest BCUT2D eigenvalue weighted by Crippen LogP contribution is -2.34. The van der Waals surface area contributed by atoms with Gasteiger partial charge in [-0.1, -0.05) is 91.0 Å². The van der Waals surface area contributed by atoms with Gasteiger partial charge in [0.1, 0.15) is 11.5 Å². The van der Waals surface area contributed by atoms with Crippen LogP contribution >= 0.6 is 0 Å². The molecular weight excluding hydrogens is 449 g/mol. The quantitative estimate of drug-likeness (QED) is 0.255. The Hall–Kier alpha value is -4.51. The first-order chi connectivity index (χ1) is 17.7. The maximum atomic E-state index is 14.6. The first-order valence-electron chi connectivity index (χ1n) is 12.0. The molecular formula is C31H26FN3O. The molecule has 0 bridgehead atoms. The summed E-state index contributed by atoms with van der Waals surface area (Å²) in [5.74, 6) is -0.534. The third kappa shape index (κ3) is 5.26. The van der Waals surface area contributed by atoms with Crippen molar-refractivity contribution in [2.24, 2.45) is 0 Å². The monoisotopic (exact) mass is 475 g/mol. The minimum atomic E-state index is -0.376. The number of aromatic nitrogens is 2. The number of hydrogen-bond acceptors (Lipinski definition) is 2. The third-order valence-electron chi connectivity index (χ3n) is 6.10. The summed E-state index contributed by atoms with van der Waals surface area (Å²) in [4.78, 5) is 15.9. The van der Waals surface area contributed by atoms with E-state index in [-0.39, 0.29) is 11.7 Å². The SMILES string of the molecule is O=C(c1cc(-c2ccccc2F)nn1-c1ccccc1)N(CCc1ccccc1)Cc1ccccc1. The van der Waals surface area contributed by atoms with Gasteiger partial charge in [0.15, 0.2) is 0 Å². The first-order valence-corrected chi connectivity index (χ1v) is 12.0. The number of halogens is 1. The van der Waals surface area contributed by atoms with Crippen LogP contribution in [0, 0.1) is 5.82 Å². The lowest BCUT2D eigenvalue weighted by atomic mass is 10.1. The van der Waals surface area contributed by atoms with Crippen molar-refractivity contribution in [1.29, 1.82) is 0 Å². The molecule has 5 rings (SSSR count). The molecule has 0 aliphatic heterocycles. The molecule has 1 heterocycles. The summed E-state index contributed by atoms with van der Waals surface area (Å²) in [6.07, 6.45) is 0.721. The van der Waals surface area contributed by atoms with E-state index in [1.165, 1.54) is 6.07 Å². The predicted octanol–water partition coefficient (Wildman–Crippen LogP) is 6.56. The standard InChI is InChI=1S/C31H26FN3O/c32-28-19-11-10-18-27(28)29-22-30(35(33-29)26-16-8-3-9-17-26)31(36)34(23-25-14-6-2-7-15-25)21-20-24-12-4-1-5-13-24/h1-19,22H,20-21,23H2. The van der Waals surface area contributed by atoms with Crippen LogP contribution in [-0.4, -0.2) is 27.1 Å². The molecule has 1 aromatic heterocycles. The van der Waals surface area contributed by atoms with Crippen molar-refractivity contribution in [2.75, 3.05) is 6.54 Å². The van der Waals surface area contributed by atoms with Crippen LogP contribution in [0.5, 0.6) is 0 Å². The van der Waals surface area contributed by atoms with Crippen LogP contribution in [0.2, 0.25) is 0 Å². The maximum Gasteiger partial charge on any atom is 0.272 e. The van der Waals surface area contributed by atoms with E-state index in [2.05, 4.69) is 17.2 Å². The van der Waals surface area contributed by atoms with Gasteiger partial charge in [-0.05, 0) is 47.9 Å². The molecule has 0 saturated carbocycles. The van der Waals surface area contributed by atoms with Crippen molar-refractivity contribution in [3.63, 3.8) is 0 Å². The van der Waals surface area contributed by atoms with E-state index in [0.717, 1.165) is 23.2 Å². The second kappa shape index (κ2) is 10.8. The highest BCUT2D eigenvalue weighted by Crippen LogP contribution is 2.25. The molecule has 178 valence electrons. The molecule has 0 unspecified atom stereocenters. The minimum Gasteiger partial charge on any atom is -0.333 e. The largest absolute Gasteiger partial charge is 0.333 e. The van der Waals surface area contributed by atoms with Crippen molar-refractivity contribution in [2.45, 2.75) is 13.0 Å². The Morgan fingerprint density at radius 2 is 1.33 bits per heavy atom. The average Bonchev–Trinajstić information content (AvgIpc) is 3.38. The van der Waals surface area contributed by atoms with Gasteiger partial charge in [0.2, 0.25) is 0 Å². The predicted molar refractivity (Wildman–Crippen MR) is 140 cm³/mol. The van der Waals surface area contributed by atoms with Crippen molar-refractivity contribution in [3.8, 4) is 16.9 Å². The zero-order chi connectivity index (χ0) is 24.7. The Balaban J connectivity index is 1.54. The van der Waals surface area contributed by atoms with Crippen molar-refractivity contribution >= 4 is 5.91 Å². The van der Waals surface area contributed by atoms with Crippen LogP contribution in [0.25, 0.3) is 16.9 Å². The van der Waals surface area contributed by atoms with Crippen LogP contribution in [0.3, 0.4) is 0 Å². The fraction of sp³-hybridized carbons (Fsp3) is 0.0968. The summed E-state index contributed by atoms with van der Waals surface area (Å²) in [6.45, 7) is 0.994. The molecule has 0 aliphatic carbocycles. The molecule has 4 aromatic carbocycles. The number of benzene rings is 4. The smallest absolute Gasteiger partial charge is 0.272 e. The van der Waals surface area contributed by atoms with Crippen LogP contribution in [0.15, 0.2) is 121 Å². The number of carbonyl (C=O) groups excluding carboxylic acids is 1. The van der Waals surface area contributed by atoms with Crippen LogP contribution in [0.4, 0.5) is 4.39 Å². The van der Waals surface area contributed by atoms with Gasteiger partial charge in [-0.3, -0.25) is 4.79 Å². The summed E-state index contributed by atoms with van der Waals surface area (Å²) in [5, 5.41) is 4.67. The number of rotatable bonds is 8. The van der Waals surface area contributed by atoms with Crippen LogP contribution < -0.4 is 0 Å². The molecule has 5 heteroatoms. The van der Waals surface area contributed by atoms with E-state index in [1.54, 1.807) is 28.9 Å². The molecule has 5 aromatic rings. The summed E-state index contributed by atoms with van der Waals surface area (Å²) < 4.78 is 16.2. The Morgan fingerprint density at radius 3 is 2.00 bits per heavy atom. The second-order valence-corrected chi connectivity index (χ2v) is 8.59. The van der Waals surface area contributed by atoms with Gasteiger partial charge in [0.25, 0.3) is 5.91 Å². The summed E-state index contributed by atoms with van der Waals surface area (Å²) in [6, 6.07) is 37.7. The van der Waals surface area contributed by atoms with Crippen molar-refractivity contribution in [3.05, 3.63) is 144 Å². The van der Waals surface area contributed by atoms with Gasteiger partial charge >= 0.3 is 0 Å². The van der Waals surface area contributed by atoms with E-state index in [0.29, 0.717) is 30.0 Å². The number of hydrogen-bond donors (Lipinski definition) is 0. The maximum absolute atomic E-state index is 14.6. The molecule has 36 heavy (non-hydrogen) atoms. The average molecular weight is 476 g/mol. The fourth-order valence-corrected chi connectivity index (χ4v) is 4.23. The highest BCUT2D eigenvalue weighted by molar-refractivity contribution is 5.94. The summed E-state index contributed by atoms with van der Waals surface area (Å²) >= 11 is 0. The van der Waals surface area contributed by atoms with Crippen molar-refractivity contribution < 1.29 is 9.18 Å². The molecule has 0 atom stereocenters. The molecule has 0 fully saturated rings. The first kappa shape index (κ1) is 23.2. The molecule has 0 spiro atoms. The van der Waals surface area contributed by atoms with Crippen molar-refractivity contribution in [1.82, 2.24) is 14.7 Å². The fourth-order valence-electron chi connectivity index (χ4n) is 4.23. The van der Waals surface area contributed by atoms with Crippen LogP contribution in [-0.2, 0) is 13.0 Å². The minimum absolute atomic E-state index is 0.159. The third-order valence-corrected chi connectivity index (χ3v) is 6.10. The number of amides is 1.